The smallest absolute Gasteiger partial charge is 0.274 e. The average Bonchev–Trinajstić information content (AvgIpc) is 4.28. The standard InChI is InChI=1S/C8H8ClN3OS.C7H5BrClN3S.C7H7ClN4S.C7H6ClN3OS.C7H8N4S.C6H7BrN2O.CH4N2S/c1-12-4-5(3-10-12)6-7(9)14-8(11-6)13-2;1-12-3-4(2-10-12)5-6(9)13-7(8)11-5;1-12-3-4(2-10-12)5-6(8)13-7(9)11-5;1-12-7-11-5(6(8)13-7)4-2-9-10-3-4;1-11-3-5(2-9-11)6-4-12-7(8)10-6;1-9-4-5(3-8-9)6(10)2-7;2-1(3)4/h3-4H,1-2H3;2-3H,1H3;2-3H,1H3,(H2,9,11);2-3H,1H3,(H,9,10);2-4H,1H3,(H2,8,10);3-4H,2H2,1H3;(H4,2,3,4). The van der Waals surface area contributed by atoms with Crippen molar-refractivity contribution >= 4 is 168 Å². The number of thiazole rings is 5. The first-order valence-electron chi connectivity index (χ1n) is 21.5. The van der Waals surface area contributed by atoms with Crippen LogP contribution in [0.25, 0.3) is 56.3 Å². The molecule has 0 atom stereocenters. The van der Waals surface area contributed by atoms with Crippen molar-refractivity contribution < 1.29 is 14.3 Å². The Morgan fingerprint density at radius 2 is 1.01 bits per heavy atom. The van der Waals surface area contributed by atoms with Gasteiger partial charge in [-0.2, -0.15) is 30.6 Å². The molecule has 0 aromatic carbocycles. The number of anilines is 2. The fraction of sp³-hybridized carbons (Fsp3) is 0.186. The van der Waals surface area contributed by atoms with E-state index in [0.717, 1.165) is 48.8 Å². The van der Waals surface area contributed by atoms with Gasteiger partial charge in [-0.3, -0.25) is 33.3 Å². The number of aryl methyl sites for hydroxylation is 5. The molecule has 0 aliphatic carbocycles. The molecular formula is C43H45Br2Cl4N21O3S6. The lowest BCUT2D eigenvalue weighted by Crippen LogP contribution is -2.18. The molecule has 418 valence electrons. The molecule has 24 nitrogen and oxygen atoms in total. The van der Waals surface area contributed by atoms with E-state index in [1.54, 1.807) is 94.3 Å². The van der Waals surface area contributed by atoms with Gasteiger partial charge in [0.25, 0.3) is 10.4 Å². The van der Waals surface area contributed by atoms with Crippen molar-refractivity contribution in [3.63, 3.8) is 0 Å². The second kappa shape index (κ2) is 31.2. The summed E-state index contributed by atoms with van der Waals surface area (Å²) in [6, 6.07) is 0. The van der Waals surface area contributed by atoms with Crippen LogP contribution in [0.5, 0.6) is 10.4 Å². The molecule has 0 saturated heterocycles. The van der Waals surface area contributed by atoms with Crippen LogP contribution in [0.1, 0.15) is 10.4 Å². The molecule has 0 aliphatic heterocycles. The van der Waals surface area contributed by atoms with Crippen molar-refractivity contribution in [2.75, 3.05) is 31.0 Å². The van der Waals surface area contributed by atoms with Crippen molar-refractivity contribution in [2.45, 2.75) is 0 Å². The zero-order valence-corrected chi connectivity index (χ0v) is 53.2. The van der Waals surface area contributed by atoms with Crippen LogP contribution in [0.2, 0.25) is 17.3 Å². The van der Waals surface area contributed by atoms with Crippen molar-refractivity contribution in [3.8, 4) is 66.7 Å². The number of thiocarbonyl (C=S) groups is 1. The third kappa shape index (κ3) is 20.0. The maximum absolute atomic E-state index is 10.9. The molecule has 11 aromatic heterocycles. The van der Waals surface area contributed by atoms with Gasteiger partial charge in [-0.25, -0.2) is 24.9 Å². The number of hydrogen-bond acceptors (Lipinski definition) is 22. The van der Waals surface area contributed by atoms with Crippen LogP contribution in [0.3, 0.4) is 0 Å². The first kappa shape index (κ1) is 63.9. The lowest BCUT2D eigenvalue weighted by atomic mass is 10.3. The lowest BCUT2D eigenvalue weighted by Gasteiger charge is -1.89. The molecule has 11 rings (SSSR count). The molecule has 0 bridgehead atoms. The van der Waals surface area contributed by atoms with E-state index in [0.29, 0.717) is 60.3 Å². The number of carbonyl (C=O) groups is 1. The normalized spacial score (nSPS) is 10.2. The zero-order valence-electron chi connectivity index (χ0n) is 42.1. The molecule has 0 aliphatic rings. The number of aromatic amines is 1. The number of nitrogen functional groups attached to an aromatic ring is 2. The summed E-state index contributed by atoms with van der Waals surface area (Å²) in [5.41, 5.74) is 29.3. The number of ether oxygens (including phenoxy) is 2. The first-order valence-corrected chi connectivity index (χ1v) is 29.5. The van der Waals surface area contributed by atoms with Crippen molar-refractivity contribution in [3.05, 3.63) is 107 Å². The predicted octanol–water partition coefficient (Wildman–Crippen LogP) is 10.5. The summed E-state index contributed by atoms with van der Waals surface area (Å²) in [6.45, 7) is 0. The molecule has 36 heteroatoms. The molecule has 0 unspecified atom stereocenters. The second-order valence-corrected chi connectivity index (χ2v) is 24.5. The Morgan fingerprint density at radius 1 is 0.595 bits per heavy atom. The maximum atomic E-state index is 10.9. The van der Waals surface area contributed by atoms with Crippen molar-refractivity contribution in [2.24, 2.45) is 46.7 Å². The molecule has 0 radical (unpaired) electrons. The van der Waals surface area contributed by atoms with E-state index in [4.69, 9.17) is 67.3 Å². The summed E-state index contributed by atoms with van der Waals surface area (Å²) in [7, 11) is 12.3. The summed E-state index contributed by atoms with van der Waals surface area (Å²) >= 11 is 41.0. The van der Waals surface area contributed by atoms with Crippen LogP contribution < -0.4 is 32.4 Å². The van der Waals surface area contributed by atoms with Gasteiger partial charge in [-0.1, -0.05) is 108 Å². The van der Waals surface area contributed by atoms with Gasteiger partial charge in [0.05, 0.1) is 68.0 Å². The average molecular weight is 1400 g/mol. The first-order chi connectivity index (χ1) is 37.6. The molecule has 11 heterocycles. The number of hydrogen-bond donors (Lipinski definition) is 5. The Kier molecular flexibility index (Phi) is 25.2. The van der Waals surface area contributed by atoms with E-state index in [2.05, 4.69) is 116 Å². The monoisotopic (exact) mass is 1390 g/mol. The number of nitrogens with zero attached hydrogens (tertiary/aromatic N) is 16. The van der Waals surface area contributed by atoms with E-state index in [1.165, 1.54) is 56.7 Å². The molecule has 0 fully saturated rings. The van der Waals surface area contributed by atoms with Gasteiger partial charge < -0.3 is 32.4 Å². The summed E-state index contributed by atoms with van der Waals surface area (Å²) in [6.07, 6.45) is 21.1. The van der Waals surface area contributed by atoms with Crippen LogP contribution in [0, 0.1) is 0 Å². The Balaban J connectivity index is 0.000000172. The van der Waals surface area contributed by atoms with E-state index in [-0.39, 0.29) is 10.9 Å². The number of carbonyl (C=O) groups excluding carboxylic acids is 1. The molecule has 0 saturated carbocycles. The Hall–Kier alpha value is -5.91. The quantitative estimate of drug-likeness (QED) is 0.0509. The highest BCUT2D eigenvalue weighted by Crippen LogP contribution is 2.38. The molecule has 79 heavy (non-hydrogen) atoms. The van der Waals surface area contributed by atoms with Crippen LogP contribution in [-0.2, 0) is 35.2 Å². The highest BCUT2D eigenvalue weighted by atomic mass is 79.9. The summed E-state index contributed by atoms with van der Waals surface area (Å²) < 4.78 is 21.7. The van der Waals surface area contributed by atoms with E-state index in [1.807, 2.05) is 58.4 Å². The summed E-state index contributed by atoms with van der Waals surface area (Å²) in [5, 5.41) is 31.0. The fourth-order valence-corrected chi connectivity index (χ4v) is 11.4. The Bertz CT molecular complexity index is 3530. The van der Waals surface area contributed by atoms with Gasteiger partial charge in [0.15, 0.2) is 25.1 Å². The summed E-state index contributed by atoms with van der Waals surface area (Å²) in [4.78, 5) is 31.8. The predicted molar refractivity (Wildman–Crippen MR) is 329 cm³/mol. The van der Waals surface area contributed by atoms with Crippen LogP contribution in [0.4, 0.5) is 10.3 Å². The molecule has 0 amide bonds. The maximum Gasteiger partial charge on any atom is 0.274 e. The number of Topliss-reactive ketones (excluding diaryl/α,β-unsaturated/α-hetero) is 1. The SMILES string of the molecule is COc1nc(-c2cn[nH]c2)c(Cl)s1.COc1nc(-c2cnn(C)c2)c(Cl)s1.Cn1cc(-c2csc(N)n2)cn1.Cn1cc(-c2nc(Br)sc2Cl)cn1.Cn1cc(-c2nc(N)sc2Cl)cn1.Cn1cc(C(=O)CBr)cn1.NC(N)=S. The Morgan fingerprint density at radius 3 is 1.34 bits per heavy atom. The lowest BCUT2D eigenvalue weighted by molar-refractivity contribution is 0.102. The van der Waals surface area contributed by atoms with Gasteiger partial charge in [-0.15, -0.1) is 11.3 Å². The number of rotatable bonds is 9. The van der Waals surface area contributed by atoms with Crippen LogP contribution >= 0.6 is 147 Å². The minimum atomic E-state index is 0.000000000000000222. The van der Waals surface area contributed by atoms with Gasteiger partial charge >= 0.3 is 0 Å². The molecule has 0 spiro atoms. The minimum absolute atomic E-state index is 0.000000000000000222. The van der Waals surface area contributed by atoms with Gasteiger partial charge in [-0.05, 0) is 28.1 Å². The molecule has 9 N–H and O–H groups in total. The van der Waals surface area contributed by atoms with E-state index >= 15 is 0 Å². The highest BCUT2D eigenvalue weighted by molar-refractivity contribution is 9.11. The second-order valence-electron chi connectivity index (χ2n) is 14.9. The number of alkyl halides is 1. The Labute approximate surface area is 512 Å². The van der Waals surface area contributed by atoms with Gasteiger partial charge in [0.2, 0.25) is 0 Å². The van der Waals surface area contributed by atoms with Gasteiger partial charge in [0.1, 0.15) is 40.1 Å². The largest absolute Gasteiger partial charge is 0.473 e. The highest BCUT2D eigenvalue weighted by Gasteiger charge is 2.15. The number of halogens is 6. The van der Waals surface area contributed by atoms with Crippen LogP contribution in [0.15, 0.2) is 83.7 Å². The number of methoxy groups -OCH3 is 2. The number of aromatic nitrogens is 17. The summed E-state index contributed by atoms with van der Waals surface area (Å²) in [5.74, 6) is 0.0631. The fourth-order valence-electron chi connectivity index (χ4n) is 5.67. The van der Waals surface area contributed by atoms with E-state index in [9.17, 15) is 4.79 Å². The number of nitrogens with two attached hydrogens (primary N) is 4. The third-order valence-corrected chi connectivity index (χ3v) is 15.4. The van der Waals surface area contributed by atoms with Crippen molar-refractivity contribution in [1.29, 1.82) is 0 Å². The zero-order chi connectivity index (χ0) is 57.9. The van der Waals surface area contributed by atoms with E-state index < -0.39 is 0 Å². The topological polar surface area (TPSA) is 322 Å². The molecular weight excluding hydrogens is 1350 g/mol. The number of H-pyrrole nitrogens is 1. The number of ketones is 1. The van der Waals surface area contributed by atoms with Crippen molar-refractivity contribution in [1.82, 2.24) is 84.0 Å². The van der Waals surface area contributed by atoms with Crippen LogP contribution in [-0.4, -0.2) is 114 Å². The third-order valence-electron chi connectivity index (χ3n) is 9.02. The number of nitrogens with one attached hydrogen (secondary N) is 1. The molecule has 11 aromatic rings. The minimum Gasteiger partial charge on any atom is -0.473 e. The van der Waals surface area contributed by atoms with Gasteiger partial charge in [0, 0.05) is 106 Å².